The van der Waals surface area contributed by atoms with Crippen LogP contribution in [-0.2, 0) is 32.0 Å². The van der Waals surface area contributed by atoms with Gasteiger partial charge >= 0.3 is 6.18 Å². The Kier molecular flexibility index (Phi) is 9.98. The Labute approximate surface area is 242 Å². The fourth-order valence-electron chi connectivity index (χ4n) is 5.21. The Morgan fingerprint density at radius 3 is 2.24 bits per heavy atom. The van der Waals surface area contributed by atoms with Crippen LogP contribution in [0.1, 0.15) is 61.9 Å². The van der Waals surface area contributed by atoms with Crippen LogP contribution < -0.4 is 10.1 Å². The van der Waals surface area contributed by atoms with Gasteiger partial charge in [-0.25, -0.2) is 8.78 Å². The normalized spacial score (nSPS) is 12.6. The number of nitrogens with one attached hydrogen (secondary N) is 1. The summed E-state index contributed by atoms with van der Waals surface area (Å²) in [5.74, 6) is -0.664. The van der Waals surface area contributed by atoms with Gasteiger partial charge in [-0.05, 0) is 74.6 Å². The number of nitrogens with zero attached hydrogens (tertiary/aromatic N) is 3. The number of benzene rings is 2. The van der Waals surface area contributed by atoms with Crippen LogP contribution in [0.3, 0.4) is 0 Å². The first-order valence-electron chi connectivity index (χ1n) is 14.1. The van der Waals surface area contributed by atoms with E-state index in [2.05, 4.69) is 15.4 Å². The van der Waals surface area contributed by atoms with E-state index in [0.717, 1.165) is 22.9 Å². The fraction of sp³-hybridized carbons (Fsp3) is 0.375. The first kappa shape index (κ1) is 31.2. The molecule has 1 atom stereocenters. The standard InChI is InChI=1S/C32H35F5N4O/c1-5-26-29(6-2)41(40-31(26)32(35,36)37)15-14-38-28(18-21-16-23(33)19-24(34)17-21)30-27(8-7-13-39-30)22-9-11-25(12-10-22)42-20(3)4/h7-13,16-17,19-20,28,38H,5-6,14-15,18H2,1-4H3. The van der Waals surface area contributed by atoms with Crippen LogP contribution in [0, 0.1) is 11.6 Å². The summed E-state index contributed by atoms with van der Waals surface area (Å²) >= 11 is 0. The van der Waals surface area contributed by atoms with Crippen LogP contribution in [0.2, 0.25) is 0 Å². The molecular weight excluding hydrogens is 551 g/mol. The summed E-state index contributed by atoms with van der Waals surface area (Å²) in [5, 5.41) is 7.30. The quantitative estimate of drug-likeness (QED) is 0.173. The van der Waals surface area contributed by atoms with E-state index in [9.17, 15) is 22.0 Å². The number of halogens is 5. The van der Waals surface area contributed by atoms with Crippen LogP contribution in [0.4, 0.5) is 22.0 Å². The molecule has 4 aromatic rings. The summed E-state index contributed by atoms with van der Waals surface area (Å²) in [5.41, 5.74) is 2.62. The molecule has 0 fully saturated rings. The molecule has 1 N–H and O–H groups in total. The predicted molar refractivity (Wildman–Crippen MR) is 152 cm³/mol. The van der Waals surface area contributed by atoms with E-state index in [1.807, 2.05) is 44.2 Å². The molecule has 0 spiro atoms. The van der Waals surface area contributed by atoms with Gasteiger partial charge in [0.2, 0.25) is 0 Å². The van der Waals surface area contributed by atoms with Crippen LogP contribution in [0.25, 0.3) is 11.1 Å². The van der Waals surface area contributed by atoms with Crippen LogP contribution in [0.5, 0.6) is 5.75 Å². The van der Waals surface area contributed by atoms with Crippen molar-refractivity contribution in [2.24, 2.45) is 0 Å². The van der Waals surface area contributed by atoms with Gasteiger partial charge in [-0.2, -0.15) is 18.3 Å². The molecule has 10 heteroatoms. The summed E-state index contributed by atoms with van der Waals surface area (Å²) in [7, 11) is 0. The van der Waals surface area contributed by atoms with Crippen molar-refractivity contribution in [2.75, 3.05) is 6.54 Å². The van der Waals surface area contributed by atoms with Crippen LogP contribution in [-0.4, -0.2) is 27.4 Å². The van der Waals surface area contributed by atoms with E-state index in [1.165, 1.54) is 16.8 Å². The molecule has 0 saturated carbocycles. The number of alkyl halides is 3. The molecule has 2 heterocycles. The van der Waals surface area contributed by atoms with E-state index in [4.69, 9.17) is 4.74 Å². The Bertz CT molecular complexity index is 1460. The lowest BCUT2D eigenvalue weighted by atomic mass is 9.95. The number of hydrogen-bond acceptors (Lipinski definition) is 4. The molecule has 42 heavy (non-hydrogen) atoms. The Hall–Kier alpha value is -3.79. The number of rotatable bonds is 12. The zero-order chi connectivity index (χ0) is 30.4. The predicted octanol–water partition coefficient (Wildman–Crippen LogP) is 7.73. The highest BCUT2D eigenvalue weighted by Crippen LogP contribution is 2.34. The maximum Gasteiger partial charge on any atom is 0.435 e. The van der Waals surface area contributed by atoms with Crippen molar-refractivity contribution < 1.29 is 26.7 Å². The van der Waals surface area contributed by atoms with Gasteiger partial charge in [-0.1, -0.05) is 32.0 Å². The lowest BCUT2D eigenvalue weighted by molar-refractivity contribution is -0.142. The van der Waals surface area contributed by atoms with Crippen molar-refractivity contribution in [2.45, 2.75) is 71.8 Å². The topological polar surface area (TPSA) is 52.0 Å². The maximum absolute atomic E-state index is 14.1. The highest BCUT2D eigenvalue weighted by Gasteiger charge is 2.38. The first-order valence-corrected chi connectivity index (χ1v) is 14.1. The number of pyridine rings is 1. The van der Waals surface area contributed by atoms with E-state index in [-0.39, 0.29) is 37.6 Å². The molecule has 0 saturated heterocycles. The van der Waals surface area contributed by atoms with Gasteiger partial charge in [0.15, 0.2) is 5.69 Å². The van der Waals surface area contributed by atoms with Crippen LogP contribution in [0.15, 0.2) is 60.8 Å². The largest absolute Gasteiger partial charge is 0.491 e. The molecule has 2 aromatic heterocycles. The van der Waals surface area contributed by atoms with Gasteiger partial charge in [0.25, 0.3) is 0 Å². The minimum Gasteiger partial charge on any atom is -0.491 e. The van der Waals surface area contributed by atoms with E-state index in [1.54, 1.807) is 26.1 Å². The van der Waals surface area contributed by atoms with Gasteiger partial charge in [0.05, 0.1) is 24.4 Å². The highest BCUT2D eigenvalue weighted by molar-refractivity contribution is 5.67. The second-order valence-corrected chi connectivity index (χ2v) is 10.3. The summed E-state index contributed by atoms with van der Waals surface area (Å²) in [4.78, 5) is 4.64. The molecule has 5 nitrogen and oxygen atoms in total. The molecule has 2 aromatic carbocycles. The lowest BCUT2D eigenvalue weighted by Gasteiger charge is -2.22. The molecule has 0 aliphatic heterocycles. The third kappa shape index (κ3) is 7.53. The monoisotopic (exact) mass is 586 g/mol. The lowest BCUT2D eigenvalue weighted by Crippen LogP contribution is -2.29. The second-order valence-electron chi connectivity index (χ2n) is 10.3. The Morgan fingerprint density at radius 2 is 1.64 bits per heavy atom. The molecule has 224 valence electrons. The molecular formula is C32H35F5N4O. The van der Waals surface area contributed by atoms with E-state index < -0.39 is 29.5 Å². The van der Waals surface area contributed by atoms with Gasteiger partial charge < -0.3 is 10.1 Å². The molecule has 1 unspecified atom stereocenters. The van der Waals surface area contributed by atoms with Gasteiger partial charge in [0.1, 0.15) is 17.4 Å². The second kappa shape index (κ2) is 13.5. The average Bonchev–Trinajstić information content (AvgIpc) is 3.30. The minimum atomic E-state index is -4.55. The molecule has 0 amide bonds. The first-order chi connectivity index (χ1) is 20.0. The average molecular weight is 587 g/mol. The SMILES string of the molecule is CCc1c(C(F)(F)F)nn(CCNC(Cc2cc(F)cc(F)c2)c2ncccc2-c2ccc(OC(C)C)cc2)c1CC. The number of aromatic nitrogens is 3. The highest BCUT2D eigenvalue weighted by atomic mass is 19.4. The number of hydrogen-bond donors (Lipinski definition) is 1. The van der Waals surface area contributed by atoms with Crippen molar-refractivity contribution >= 4 is 0 Å². The molecule has 0 aliphatic rings. The molecule has 0 aliphatic carbocycles. The minimum absolute atomic E-state index is 0.0219. The molecule has 4 rings (SSSR count). The third-order valence-electron chi connectivity index (χ3n) is 6.91. The summed E-state index contributed by atoms with van der Waals surface area (Å²) in [6.45, 7) is 7.79. The van der Waals surface area contributed by atoms with Crippen molar-refractivity contribution in [3.8, 4) is 16.9 Å². The van der Waals surface area contributed by atoms with Gasteiger partial charge in [-0.3, -0.25) is 9.67 Å². The zero-order valence-corrected chi connectivity index (χ0v) is 24.1. The maximum atomic E-state index is 14.1. The zero-order valence-electron chi connectivity index (χ0n) is 24.1. The summed E-state index contributed by atoms with van der Waals surface area (Å²) < 4.78 is 76.3. The van der Waals surface area contributed by atoms with Gasteiger partial charge in [-0.15, -0.1) is 0 Å². The van der Waals surface area contributed by atoms with Crippen LogP contribution >= 0.6 is 0 Å². The van der Waals surface area contributed by atoms with Crippen molar-refractivity contribution in [3.63, 3.8) is 0 Å². The fourth-order valence-corrected chi connectivity index (χ4v) is 5.21. The Balaban J connectivity index is 1.66. The van der Waals surface area contributed by atoms with Crippen molar-refractivity contribution in [1.29, 1.82) is 0 Å². The smallest absolute Gasteiger partial charge is 0.435 e. The van der Waals surface area contributed by atoms with Gasteiger partial charge in [0, 0.05) is 35.6 Å². The molecule has 0 radical (unpaired) electrons. The van der Waals surface area contributed by atoms with Crippen molar-refractivity contribution in [1.82, 2.24) is 20.1 Å². The van der Waals surface area contributed by atoms with E-state index >= 15 is 0 Å². The van der Waals surface area contributed by atoms with E-state index in [0.29, 0.717) is 23.4 Å². The number of ether oxygens (including phenoxy) is 1. The summed E-state index contributed by atoms with van der Waals surface area (Å²) in [6.07, 6.45) is -2.07. The Morgan fingerprint density at radius 1 is 0.952 bits per heavy atom. The molecule has 0 bridgehead atoms. The van der Waals surface area contributed by atoms with Crippen molar-refractivity contribution in [3.05, 3.63) is 101 Å². The summed E-state index contributed by atoms with van der Waals surface area (Å²) in [6, 6.07) is 14.1. The third-order valence-corrected chi connectivity index (χ3v) is 6.91.